The van der Waals surface area contributed by atoms with E-state index >= 15 is 0 Å². The maximum absolute atomic E-state index is 12.7. The molecule has 7 nitrogen and oxygen atoms in total. The van der Waals surface area contributed by atoms with Crippen LogP contribution in [0.2, 0.25) is 0 Å². The van der Waals surface area contributed by atoms with Crippen molar-refractivity contribution in [3.8, 4) is 0 Å². The second-order valence-electron chi connectivity index (χ2n) is 7.65. The van der Waals surface area contributed by atoms with Crippen molar-refractivity contribution < 1.29 is 23.9 Å². The molecule has 0 aliphatic carbocycles. The number of esters is 1. The second-order valence-corrected chi connectivity index (χ2v) is 7.65. The van der Waals surface area contributed by atoms with Crippen molar-refractivity contribution in [2.75, 3.05) is 6.54 Å². The molecular formula is C20H28N2O5. The van der Waals surface area contributed by atoms with E-state index in [0.717, 1.165) is 12.0 Å². The molecule has 27 heavy (non-hydrogen) atoms. The fourth-order valence-electron chi connectivity index (χ4n) is 2.90. The minimum absolute atomic E-state index is 0.171. The van der Waals surface area contributed by atoms with Gasteiger partial charge in [0.2, 0.25) is 5.91 Å². The third kappa shape index (κ3) is 6.27. The van der Waals surface area contributed by atoms with Crippen LogP contribution in [-0.2, 0) is 25.7 Å². The van der Waals surface area contributed by atoms with E-state index in [9.17, 15) is 14.4 Å². The molecule has 0 unspecified atom stereocenters. The molecule has 1 N–H and O–H groups in total. The van der Waals surface area contributed by atoms with Crippen molar-refractivity contribution >= 4 is 18.0 Å². The molecule has 1 aromatic rings. The summed E-state index contributed by atoms with van der Waals surface area (Å²) in [5.41, 5.74) is 0.242. The molecule has 2 atom stereocenters. The second kappa shape index (κ2) is 8.88. The lowest BCUT2D eigenvalue weighted by atomic mass is 10.2. The summed E-state index contributed by atoms with van der Waals surface area (Å²) in [5, 5.41) is 2.53. The summed E-state index contributed by atoms with van der Waals surface area (Å²) in [6.45, 7) is 7.46. The number of nitrogens with one attached hydrogen (secondary N) is 1. The summed E-state index contributed by atoms with van der Waals surface area (Å²) < 4.78 is 10.5. The molecule has 0 saturated carbocycles. The normalized spacial score (nSPS) is 17.9. The van der Waals surface area contributed by atoms with Crippen LogP contribution in [0.5, 0.6) is 0 Å². The molecule has 2 rings (SSSR count). The Morgan fingerprint density at radius 1 is 1.22 bits per heavy atom. The molecule has 148 valence electrons. The largest absolute Gasteiger partial charge is 0.459 e. The summed E-state index contributed by atoms with van der Waals surface area (Å²) in [6, 6.07) is 7.97. The van der Waals surface area contributed by atoms with E-state index in [4.69, 9.17) is 9.47 Å². The van der Waals surface area contributed by atoms with E-state index in [1.165, 1.54) is 4.90 Å². The number of hydrogen-bond acceptors (Lipinski definition) is 5. The Balaban J connectivity index is 1.90. The molecule has 1 aliphatic heterocycles. The minimum atomic E-state index is -0.789. The Bertz CT molecular complexity index is 669. The first kappa shape index (κ1) is 20.7. The molecule has 1 saturated heterocycles. The van der Waals surface area contributed by atoms with Gasteiger partial charge in [0.15, 0.2) is 0 Å². The standard InChI is InChI=1S/C20H28N2O5/c1-14(21-19(25)27-20(2,3)4)17(23)22-12-8-11-16(22)18(24)26-13-15-9-6-5-7-10-15/h5-7,9-10,14,16H,8,11-13H2,1-4H3,(H,21,25)/t14-,16-/m0/s1. The summed E-state index contributed by atoms with van der Waals surface area (Å²) in [7, 11) is 0. The van der Waals surface area contributed by atoms with Crippen molar-refractivity contribution in [2.24, 2.45) is 0 Å². The Morgan fingerprint density at radius 2 is 1.89 bits per heavy atom. The van der Waals surface area contributed by atoms with Crippen molar-refractivity contribution in [3.63, 3.8) is 0 Å². The zero-order valence-corrected chi connectivity index (χ0v) is 16.4. The lowest BCUT2D eigenvalue weighted by Gasteiger charge is -2.27. The average molecular weight is 376 g/mol. The lowest BCUT2D eigenvalue weighted by molar-refractivity contribution is -0.154. The summed E-state index contributed by atoms with van der Waals surface area (Å²) >= 11 is 0. The molecule has 1 aliphatic rings. The molecular weight excluding hydrogens is 348 g/mol. The van der Waals surface area contributed by atoms with Crippen LogP contribution >= 0.6 is 0 Å². The number of ether oxygens (including phenoxy) is 2. The predicted octanol–water partition coefficient (Wildman–Crippen LogP) is 2.63. The quantitative estimate of drug-likeness (QED) is 0.799. The molecule has 0 bridgehead atoms. The highest BCUT2D eigenvalue weighted by Crippen LogP contribution is 2.20. The summed E-state index contributed by atoms with van der Waals surface area (Å²) in [4.78, 5) is 38.5. The number of rotatable bonds is 5. The number of amides is 2. The highest BCUT2D eigenvalue weighted by Gasteiger charge is 2.37. The fraction of sp³-hybridized carbons (Fsp3) is 0.550. The van der Waals surface area contributed by atoms with Crippen LogP contribution < -0.4 is 5.32 Å². The van der Waals surface area contributed by atoms with Crippen LogP contribution in [0.4, 0.5) is 4.79 Å². The molecule has 7 heteroatoms. The summed E-state index contributed by atoms with van der Waals surface area (Å²) in [6.07, 6.45) is 0.611. The van der Waals surface area contributed by atoms with Gasteiger partial charge in [-0.2, -0.15) is 0 Å². The highest BCUT2D eigenvalue weighted by molar-refractivity contribution is 5.90. The van der Waals surface area contributed by atoms with E-state index in [1.54, 1.807) is 27.7 Å². The zero-order chi connectivity index (χ0) is 20.0. The van der Waals surface area contributed by atoms with E-state index < -0.39 is 29.7 Å². The molecule has 0 radical (unpaired) electrons. The molecule has 1 fully saturated rings. The van der Waals surface area contributed by atoms with Gasteiger partial charge in [0.1, 0.15) is 24.3 Å². The average Bonchev–Trinajstić information content (AvgIpc) is 3.07. The van der Waals surface area contributed by atoms with Gasteiger partial charge in [-0.3, -0.25) is 4.79 Å². The number of likely N-dealkylation sites (tertiary alicyclic amines) is 1. The first-order valence-corrected chi connectivity index (χ1v) is 9.18. The monoisotopic (exact) mass is 376 g/mol. The van der Waals surface area contributed by atoms with Gasteiger partial charge in [-0.05, 0) is 46.1 Å². The first-order valence-electron chi connectivity index (χ1n) is 9.18. The number of nitrogens with zero attached hydrogens (tertiary/aromatic N) is 1. The number of alkyl carbamates (subject to hydrolysis) is 1. The van der Waals surface area contributed by atoms with Gasteiger partial charge >= 0.3 is 12.1 Å². The molecule has 2 amide bonds. The van der Waals surface area contributed by atoms with Crippen molar-refractivity contribution in [1.82, 2.24) is 10.2 Å². The van der Waals surface area contributed by atoms with Gasteiger partial charge in [-0.15, -0.1) is 0 Å². The van der Waals surface area contributed by atoms with Crippen LogP contribution in [0.25, 0.3) is 0 Å². The van der Waals surface area contributed by atoms with Gasteiger partial charge in [0, 0.05) is 6.54 Å². The molecule has 1 heterocycles. The van der Waals surface area contributed by atoms with Gasteiger partial charge in [0.05, 0.1) is 0 Å². The fourth-order valence-corrected chi connectivity index (χ4v) is 2.90. The Labute approximate surface area is 160 Å². The number of benzene rings is 1. The van der Waals surface area contributed by atoms with E-state index in [2.05, 4.69) is 5.32 Å². The topological polar surface area (TPSA) is 84.9 Å². The van der Waals surface area contributed by atoms with Crippen molar-refractivity contribution in [3.05, 3.63) is 35.9 Å². The number of carbonyl (C=O) groups is 3. The molecule has 1 aromatic carbocycles. The Morgan fingerprint density at radius 3 is 2.52 bits per heavy atom. The van der Waals surface area contributed by atoms with E-state index in [0.29, 0.717) is 13.0 Å². The maximum Gasteiger partial charge on any atom is 0.408 e. The van der Waals surface area contributed by atoms with Gasteiger partial charge < -0.3 is 19.7 Å². The Hall–Kier alpha value is -2.57. The van der Waals surface area contributed by atoms with Gasteiger partial charge in [-0.25, -0.2) is 9.59 Å². The third-order valence-electron chi connectivity index (χ3n) is 4.14. The van der Waals surface area contributed by atoms with Crippen molar-refractivity contribution in [2.45, 2.75) is 64.8 Å². The summed E-state index contributed by atoms with van der Waals surface area (Å²) in [5.74, 6) is -0.741. The van der Waals surface area contributed by atoms with E-state index in [-0.39, 0.29) is 12.5 Å². The predicted molar refractivity (Wildman–Crippen MR) is 99.8 cm³/mol. The van der Waals surface area contributed by atoms with Crippen LogP contribution in [0.3, 0.4) is 0 Å². The van der Waals surface area contributed by atoms with Crippen molar-refractivity contribution in [1.29, 1.82) is 0 Å². The third-order valence-corrected chi connectivity index (χ3v) is 4.14. The van der Waals surface area contributed by atoms with Gasteiger partial charge in [0.25, 0.3) is 0 Å². The number of carbonyl (C=O) groups excluding carboxylic acids is 3. The van der Waals surface area contributed by atoms with Crippen LogP contribution in [0.15, 0.2) is 30.3 Å². The molecule has 0 spiro atoms. The zero-order valence-electron chi connectivity index (χ0n) is 16.4. The van der Waals surface area contributed by atoms with Crippen LogP contribution in [0.1, 0.15) is 46.1 Å². The smallest absolute Gasteiger partial charge is 0.408 e. The maximum atomic E-state index is 12.7. The minimum Gasteiger partial charge on any atom is -0.459 e. The Kier molecular flexibility index (Phi) is 6.82. The van der Waals surface area contributed by atoms with Crippen LogP contribution in [0, 0.1) is 0 Å². The van der Waals surface area contributed by atoms with Crippen LogP contribution in [-0.4, -0.2) is 47.1 Å². The first-order chi connectivity index (χ1) is 12.7. The van der Waals surface area contributed by atoms with E-state index in [1.807, 2.05) is 30.3 Å². The highest BCUT2D eigenvalue weighted by atomic mass is 16.6. The lowest BCUT2D eigenvalue weighted by Crippen LogP contribution is -2.51. The number of hydrogen-bond donors (Lipinski definition) is 1. The van der Waals surface area contributed by atoms with Gasteiger partial charge in [-0.1, -0.05) is 30.3 Å². The molecule has 0 aromatic heterocycles. The SMILES string of the molecule is C[C@H](NC(=O)OC(C)(C)C)C(=O)N1CCC[C@H]1C(=O)OCc1ccccc1.